The zero-order valence-electron chi connectivity index (χ0n) is 14.9. The van der Waals surface area contributed by atoms with Crippen molar-refractivity contribution in [3.63, 3.8) is 0 Å². The molecule has 3 rings (SSSR count). The zero-order chi connectivity index (χ0) is 16.3. The fourth-order valence-corrected chi connectivity index (χ4v) is 4.27. The molecular weight excluding hydrogens is 280 g/mol. The van der Waals surface area contributed by atoms with Gasteiger partial charge in [0.05, 0.1) is 5.69 Å². The molecule has 0 N–H and O–H groups in total. The second-order valence-corrected chi connectivity index (χ2v) is 7.25. The van der Waals surface area contributed by atoms with E-state index in [-0.39, 0.29) is 0 Å². The van der Waals surface area contributed by atoms with E-state index in [9.17, 15) is 0 Å². The van der Waals surface area contributed by atoms with Crippen LogP contribution in [0.3, 0.4) is 0 Å². The Kier molecular flexibility index (Phi) is 4.89. The smallest absolute Gasteiger partial charge is 0.106 e. The van der Waals surface area contributed by atoms with E-state index in [1.165, 1.54) is 68.3 Å². The summed E-state index contributed by atoms with van der Waals surface area (Å²) in [7, 11) is 0. The van der Waals surface area contributed by atoms with E-state index in [1.807, 2.05) is 0 Å². The topological polar surface area (TPSA) is 17.8 Å². The quantitative estimate of drug-likeness (QED) is 0.660. The highest BCUT2D eigenvalue weighted by atomic mass is 15.1. The molecule has 124 valence electrons. The van der Waals surface area contributed by atoms with Gasteiger partial charge in [-0.25, -0.2) is 4.98 Å². The van der Waals surface area contributed by atoms with Gasteiger partial charge in [-0.1, -0.05) is 63.3 Å². The van der Waals surface area contributed by atoms with Gasteiger partial charge in [0.1, 0.15) is 5.82 Å². The highest BCUT2D eigenvalue weighted by Crippen LogP contribution is 2.41. The maximum Gasteiger partial charge on any atom is 0.106 e. The average Bonchev–Trinajstić information content (AvgIpc) is 2.96. The number of aryl methyl sites for hydroxylation is 2. The first-order valence-corrected chi connectivity index (χ1v) is 9.29. The maximum absolute atomic E-state index is 4.93. The Labute approximate surface area is 141 Å². The molecule has 1 aliphatic rings. The van der Waals surface area contributed by atoms with Crippen LogP contribution in [0.5, 0.6) is 0 Å². The van der Waals surface area contributed by atoms with Crippen molar-refractivity contribution in [3.8, 4) is 11.3 Å². The molecule has 0 radical (unpaired) electrons. The second kappa shape index (κ2) is 6.90. The van der Waals surface area contributed by atoms with Crippen LogP contribution < -0.4 is 0 Å². The van der Waals surface area contributed by atoms with Crippen LogP contribution in [-0.4, -0.2) is 9.55 Å². The normalized spacial score (nSPS) is 17.3. The SMILES string of the molecule is CCCCC1(n2cc(-c3ccccc3C)nc2C)CCCCC1. The van der Waals surface area contributed by atoms with Crippen molar-refractivity contribution < 1.29 is 0 Å². The average molecular weight is 310 g/mol. The Morgan fingerprint density at radius 1 is 1.09 bits per heavy atom. The minimum Gasteiger partial charge on any atom is -0.328 e. The highest BCUT2D eigenvalue weighted by Gasteiger charge is 2.34. The van der Waals surface area contributed by atoms with Gasteiger partial charge in [0.25, 0.3) is 0 Å². The van der Waals surface area contributed by atoms with Gasteiger partial charge in [0.15, 0.2) is 0 Å². The van der Waals surface area contributed by atoms with Crippen molar-refractivity contribution in [2.75, 3.05) is 0 Å². The molecule has 1 aliphatic carbocycles. The summed E-state index contributed by atoms with van der Waals surface area (Å²) in [5.74, 6) is 1.18. The Bertz CT molecular complexity index is 648. The molecule has 0 bridgehead atoms. The van der Waals surface area contributed by atoms with Crippen molar-refractivity contribution in [1.82, 2.24) is 9.55 Å². The number of aromatic nitrogens is 2. The van der Waals surface area contributed by atoms with Gasteiger partial charge in [-0.2, -0.15) is 0 Å². The van der Waals surface area contributed by atoms with E-state index in [2.05, 4.69) is 55.8 Å². The summed E-state index contributed by atoms with van der Waals surface area (Å²) in [4.78, 5) is 4.93. The first-order chi connectivity index (χ1) is 11.2. The van der Waals surface area contributed by atoms with E-state index in [0.29, 0.717) is 5.54 Å². The maximum atomic E-state index is 4.93. The monoisotopic (exact) mass is 310 g/mol. The molecule has 1 aromatic heterocycles. The first-order valence-electron chi connectivity index (χ1n) is 9.29. The van der Waals surface area contributed by atoms with Crippen LogP contribution >= 0.6 is 0 Å². The number of hydrogen-bond donors (Lipinski definition) is 0. The van der Waals surface area contributed by atoms with E-state index >= 15 is 0 Å². The van der Waals surface area contributed by atoms with Crippen molar-refractivity contribution in [1.29, 1.82) is 0 Å². The van der Waals surface area contributed by atoms with Crippen molar-refractivity contribution in [2.45, 2.75) is 77.7 Å². The van der Waals surface area contributed by atoms with Gasteiger partial charge >= 0.3 is 0 Å². The van der Waals surface area contributed by atoms with Crippen molar-refractivity contribution in [2.24, 2.45) is 0 Å². The lowest BCUT2D eigenvalue weighted by molar-refractivity contribution is 0.170. The molecule has 2 aromatic rings. The molecule has 0 spiro atoms. The lowest BCUT2D eigenvalue weighted by Gasteiger charge is -2.39. The Balaban J connectivity index is 1.99. The van der Waals surface area contributed by atoms with Crippen LogP contribution in [0.15, 0.2) is 30.5 Å². The molecule has 1 saturated carbocycles. The van der Waals surface area contributed by atoms with Crippen molar-refractivity contribution >= 4 is 0 Å². The van der Waals surface area contributed by atoms with Crippen molar-refractivity contribution in [3.05, 3.63) is 41.9 Å². The summed E-state index contributed by atoms with van der Waals surface area (Å²) in [5, 5.41) is 0. The molecule has 23 heavy (non-hydrogen) atoms. The second-order valence-electron chi connectivity index (χ2n) is 7.25. The van der Waals surface area contributed by atoms with E-state index in [1.54, 1.807) is 0 Å². The molecule has 1 heterocycles. The van der Waals surface area contributed by atoms with Crippen LogP contribution in [0.1, 0.15) is 69.7 Å². The number of rotatable bonds is 5. The van der Waals surface area contributed by atoms with Gasteiger partial charge < -0.3 is 4.57 Å². The molecule has 0 unspecified atom stereocenters. The third-order valence-electron chi connectivity index (χ3n) is 5.59. The number of nitrogens with zero attached hydrogens (tertiary/aromatic N) is 2. The van der Waals surface area contributed by atoms with Gasteiger partial charge in [-0.3, -0.25) is 0 Å². The molecule has 1 aromatic carbocycles. The Morgan fingerprint density at radius 3 is 2.52 bits per heavy atom. The standard InChI is InChI=1S/C21H30N2/c1-4-5-13-21(14-9-6-10-15-21)23-16-20(22-18(23)3)19-12-8-7-11-17(19)2/h7-8,11-12,16H,4-6,9-10,13-15H2,1-3H3. The third kappa shape index (κ3) is 3.22. The molecule has 0 aliphatic heterocycles. The van der Waals surface area contributed by atoms with Crippen LogP contribution in [-0.2, 0) is 5.54 Å². The minimum atomic E-state index is 0.312. The number of hydrogen-bond acceptors (Lipinski definition) is 1. The van der Waals surface area contributed by atoms with Crippen LogP contribution in [0, 0.1) is 13.8 Å². The molecule has 2 nitrogen and oxygen atoms in total. The van der Waals surface area contributed by atoms with Gasteiger partial charge in [-0.05, 0) is 38.7 Å². The Hall–Kier alpha value is -1.57. The Morgan fingerprint density at radius 2 is 1.83 bits per heavy atom. The molecule has 0 amide bonds. The number of unbranched alkanes of at least 4 members (excludes halogenated alkanes) is 1. The zero-order valence-corrected chi connectivity index (χ0v) is 14.9. The fraction of sp³-hybridized carbons (Fsp3) is 0.571. The van der Waals surface area contributed by atoms with Crippen LogP contribution in [0.4, 0.5) is 0 Å². The summed E-state index contributed by atoms with van der Waals surface area (Å²) in [6, 6.07) is 8.59. The third-order valence-corrected chi connectivity index (χ3v) is 5.59. The summed E-state index contributed by atoms with van der Waals surface area (Å²) < 4.78 is 2.53. The first kappa shape index (κ1) is 16.3. The van der Waals surface area contributed by atoms with E-state index in [0.717, 1.165) is 5.69 Å². The predicted octanol–water partition coefficient (Wildman–Crippen LogP) is 6.02. The van der Waals surface area contributed by atoms with Gasteiger partial charge in [0.2, 0.25) is 0 Å². The number of imidazole rings is 1. The van der Waals surface area contributed by atoms with Gasteiger partial charge in [0, 0.05) is 17.3 Å². The highest BCUT2D eigenvalue weighted by molar-refractivity contribution is 5.63. The summed E-state index contributed by atoms with van der Waals surface area (Å²) in [6.45, 7) is 6.66. The lowest BCUT2D eigenvalue weighted by atomic mass is 9.78. The molecule has 0 saturated heterocycles. The summed E-state index contributed by atoms with van der Waals surface area (Å²) >= 11 is 0. The van der Waals surface area contributed by atoms with Gasteiger partial charge in [-0.15, -0.1) is 0 Å². The largest absolute Gasteiger partial charge is 0.328 e. The predicted molar refractivity (Wildman–Crippen MR) is 97.7 cm³/mol. The minimum absolute atomic E-state index is 0.312. The van der Waals surface area contributed by atoms with Crippen LogP contribution in [0.25, 0.3) is 11.3 Å². The molecule has 2 heteroatoms. The summed E-state index contributed by atoms with van der Waals surface area (Å²) in [5.41, 5.74) is 4.04. The molecular formula is C21H30N2. The van der Waals surface area contributed by atoms with E-state index < -0.39 is 0 Å². The lowest BCUT2D eigenvalue weighted by Crippen LogP contribution is -2.36. The van der Waals surface area contributed by atoms with Crippen LogP contribution in [0.2, 0.25) is 0 Å². The molecule has 0 atom stereocenters. The molecule has 1 fully saturated rings. The number of benzene rings is 1. The van der Waals surface area contributed by atoms with E-state index in [4.69, 9.17) is 4.98 Å². The fourth-order valence-electron chi connectivity index (χ4n) is 4.27. The summed E-state index contributed by atoms with van der Waals surface area (Å²) in [6.07, 6.45) is 13.0.